The third kappa shape index (κ3) is 4.86. The Labute approximate surface area is 160 Å². The van der Waals surface area contributed by atoms with Gasteiger partial charge in [0.15, 0.2) is 4.34 Å². The SMILES string of the molecule is Cc1ccc(Nc2nnc(S[C@@H](C)C(=O)NCc3ccco3)s2)cc1C. The molecule has 0 unspecified atom stereocenters. The van der Waals surface area contributed by atoms with Crippen molar-refractivity contribution in [1.82, 2.24) is 15.5 Å². The van der Waals surface area contributed by atoms with E-state index >= 15 is 0 Å². The van der Waals surface area contributed by atoms with Crippen molar-refractivity contribution >= 4 is 39.8 Å². The molecule has 0 aliphatic rings. The molecule has 0 saturated heterocycles. The molecule has 3 aromatic rings. The van der Waals surface area contributed by atoms with Crippen LogP contribution in [-0.2, 0) is 11.3 Å². The summed E-state index contributed by atoms with van der Waals surface area (Å²) in [5, 5.41) is 14.9. The molecular weight excluding hydrogens is 368 g/mol. The lowest BCUT2D eigenvalue weighted by Gasteiger charge is -2.08. The fraction of sp³-hybridized carbons (Fsp3) is 0.278. The number of furan rings is 1. The highest BCUT2D eigenvalue weighted by Gasteiger charge is 2.17. The number of aromatic nitrogens is 2. The molecule has 6 nitrogen and oxygen atoms in total. The van der Waals surface area contributed by atoms with E-state index < -0.39 is 0 Å². The fourth-order valence-electron chi connectivity index (χ4n) is 2.19. The molecule has 8 heteroatoms. The Hall–Kier alpha value is -2.32. The van der Waals surface area contributed by atoms with E-state index in [4.69, 9.17) is 4.42 Å². The van der Waals surface area contributed by atoms with E-state index in [9.17, 15) is 4.79 Å². The molecule has 0 fully saturated rings. The zero-order chi connectivity index (χ0) is 18.5. The van der Waals surface area contributed by atoms with E-state index in [1.165, 1.54) is 34.2 Å². The summed E-state index contributed by atoms with van der Waals surface area (Å²) in [7, 11) is 0. The number of hydrogen-bond acceptors (Lipinski definition) is 7. The van der Waals surface area contributed by atoms with Gasteiger partial charge in [-0.1, -0.05) is 29.2 Å². The molecule has 0 radical (unpaired) electrons. The topological polar surface area (TPSA) is 80.0 Å². The minimum atomic E-state index is -0.271. The first-order chi connectivity index (χ1) is 12.5. The Morgan fingerprint density at radius 2 is 2.12 bits per heavy atom. The first kappa shape index (κ1) is 18.5. The number of amides is 1. The third-order valence-corrected chi connectivity index (χ3v) is 5.85. The van der Waals surface area contributed by atoms with Crippen LogP contribution in [0.15, 0.2) is 45.4 Å². The smallest absolute Gasteiger partial charge is 0.233 e. The zero-order valence-electron chi connectivity index (χ0n) is 14.8. The van der Waals surface area contributed by atoms with E-state index in [2.05, 4.69) is 46.8 Å². The Morgan fingerprint density at radius 3 is 2.85 bits per heavy atom. The molecule has 1 atom stereocenters. The molecule has 0 saturated carbocycles. The van der Waals surface area contributed by atoms with Gasteiger partial charge in [-0.2, -0.15) is 0 Å². The van der Waals surface area contributed by atoms with Crippen LogP contribution >= 0.6 is 23.1 Å². The maximum atomic E-state index is 12.2. The Morgan fingerprint density at radius 1 is 1.27 bits per heavy atom. The van der Waals surface area contributed by atoms with Crippen LogP contribution in [0.2, 0.25) is 0 Å². The molecule has 1 amide bonds. The highest BCUT2D eigenvalue weighted by Crippen LogP contribution is 2.30. The van der Waals surface area contributed by atoms with Crippen LogP contribution in [0.4, 0.5) is 10.8 Å². The van der Waals surface area contributed by atoms with Gasteiger partial charge in [0.25, 0.3) is 0 Å². The standard InChI is InChI=1S/C18H20N4O2S2/c1-11-6-7-14(9-12(11)2)20-17-21-22-18(26-17)25-13(3)16(23)19-10-15-5-4-8-24-15/h4-9,13H,10H2,1-3H3,(H,19,23)(H,20,21)/t13-/m0/s1. The number of aryl methyl sites for hydroxylation is 2. The van der Waals surface area contributed by atoms with E-state index in [0.29, 0.717) is 11.7 Å². The Kier molecular flexibility index (Phi) is 5.95. The van der Waals surface area contributed by atoms with Gasteiger partial charge >= 0.3 is 0 Å². The van der Waals surface area contributed by atoms with Crippen LogP contribution in [0.3, 0.4) is 0 Å². The van der Waals surface area contributed by atoms with Crippen LogP contribution in [0, 0.1) is 13.8 Å². The summed E-state index contributed by atoms with van der Waals surface area (Å²) in [6.45, 7) is 6.38. The molecule has 26 heavy (non-hydrogen) atoms. The quantitative estimate of drug-likeness (QED) is 0.588. The van der Waals surface area contributed by atoms with Gasteiger partial charge in [0.05, 0.1) is 18.1 Å². The number of anilines is 2. The average molecular weight is 389 g/mol. The van der Waals surface area contributed by atoms with Crippen molar-refractivity contribution in [1.29, 1.82) is 0 Å². The summed E-state index contributed by atoms with van der Waals surface area (Å²) >= 11 is 2.82. The molecule has 3 rings (SSSR count). The summed E-state index contributed by atoms with van der Waals surface area (Å²) in [6.07, 6.45) is 1.59. The minimum absolute atomic E-state index is 0.0646. The molecule has 2 heterocycles. The number of nitrogens with zero attached hydrogens (tertiary/aromatic N) is 2. The molecule has 0 aliphatic heterocycles. The number of nitrogens with one attached hydrogen (secondary N) is 2. The lowest BCUT2D eigenvalue weighted by Crippen LogP contribution is -2.30. The third-order valence-electron chi connectivity index (χ3n) is 3.83. The molecule has 0 spiro atoms. The fourth-order valence-corrected chi connectivity index (χ4v) is 4.13. The zero-order valence-corrected chi connectivity index (χ0v) is 16.4. The maximum Gasteiger partial charge on any atom is 0.233 e. The van der Waals surface area contributed by atoms with Gasteiger partial charge in [0.2, 0.25) is 11.0 Å². The highest BCUT2D eigenvalue weighted by atomic mass is 32.2. The summed E-state index contributed by atoms with van der Waals surface area (Å²) in [4.78, 5) is 12.2. The second kappa shape index (κ2) is 8.37. The van der Waals surface area contributed by atoms with Crippen LogP contribution < -0.4 is 10.6 Å². The summed E-state index contributed by atoms with van der Waals surface area (Å²) in [5.74, 6) is 0.664. The van der Waals surface area contributed by atoms with E-state index in [-0.39, 0.29) is 11.2 Å². The van der Waals surface area contributed by atoms with E-state index in [1.54, 1.807) is 12.3 Å². The van der Waals surface area contributed by atoms with Gasteiger partial charge in [0.1, 0.15) is 5.76 Å². The van der Waals surface area contributed by atoms with Gasteiger partial charge in [-0.05, 0) is 56.2 Å². The summed E-state index contributed by atoms with van der Waals surface area (Å²) in [5.41, 5.74) is 3.44. The van der Waals surface area contributed by atoms with Crippen molar-refractivity contribution in [3.8, 4) is 0 Å². The van der Waals surface area contributed by atoms with Crippen LogP contribution in [0.1, 0.15) is 23.8 Å². The monoisotopic (exact) mass is 388 g/mol. The average Bonchev–Trinajstić information content (AvgIpc) is 3.28. The second-order valence-electron chi connectivity index (χ2n) is 5.85. The Bertz CT molecular complexity index is 877. The minimum Gasteiger partial charge on any atom is -0.467 e. The number of hydrogen-bond donors (Lipinski definition) is 2. The van der Waals surface area contributed by atoms with Crippen molar-refractivity contribution in [2.24, 2.45) is 0 Å². The Balaban J connectivity index is 1.53. The number of rotatable bonds is 7. The predicted octanol–water partition coefficient (Wildman–Crippen LogP) is 4.29. The van der Waals surface area contributed by atoms with Crippen molar-refractivity contribution in [3.05, 3.63) is 53.5 Å². The normalized spacial score (nSPS) is 12.0. The molecule has 0 aliphatic carbocycles. The largest absolute Gasteiger partial charge is 0.467 e. The van der Waals surface area contributed by atoms with Crippen LogP contribution in [0.5, 0.6) is 0 Å². The van der Waals surface area contributed by atoms with Gasteiger partial charge in [-0.3, -0.25) is 4.79 Å². The number of benzene rings is 1. The number of carbonyl (C=O) groups is 1. The van der Waals surface area contributed by atoms with Crippen molar-refractivity contribution in [2.75, 3.05) is 5.32 Å². The molecule has 2 N–H and O–H groups in total. The molecule has 136 valence electrons. The molecule has 0 bridgehead atoms. The molecule has 1 aromatic carbocycles. The maximum absolute atomic E-state index is 12.2. The second-order valence-corrected chi connectivity index (χ2v) is 8.42. The van der Waals surface area contributed by atoms with Gasteiger partial charge < -0.3 is 15.1 Å². The highest BCUT2D eigenvalue weighted by molar-refractivity contribution is 8.02. The van der Waals surface area contributed by atoms with Gasteiger partial charge in [-0.25, -0.2) is 0 Å². The summed E-state index contributed by atoms with van der Waals surface area (Å²) < 4.78 is 5.95. The van der Waals surface area contributed by atoms with Gasteiger partial charge in [0, 0.05) is 5.69 Å². The van der Waals surface area contributed by atoms with Crippen molar-refractivity contribution in [3.63, 3.8) is 0 Å². The first-order valence-electron chi connectivity index (χ1n) is 8.16. The lowest BCUT2D eigenvalue weighted by atomic mass is 10.1. The lowest BCUT2D eigenvalue weighted by molar-refractivity contribution is -0.120. The number of carbonyl (C=O) groups excluding carboxylic acids is 1. The van der Waals surface area contributed by atoms with E-state index in [1.807, 2.05) is 19.1 Å². The first-order valence-corrected chi connectivity index (χ1v) is 9.85. The van der Waals surface area contributed by atoms with Crippen molar-refractivity contribution in [2.45, 2.75) is 36.9 Å². The number of thioether (sulfide) groups is 1. The summed E-state index contributed by atoms with van der Waals surface area (Å²) in [6, 6.07) is 9.79. The molecule has 2 aromatic heterocycles. The van der Waals surface area contributed by atoms with Gasteiger partial charge in [-0.15, -0.1) is 10.2 Å². The predicted molar refractivity (Wildman–Crippen MR) is 105 cm³/mol. The van der Waals surface area contributed by atoms with Crippen molar-refractivity contribution < 1.29 is 9.21 Å². The molecular formula is C18H20N4O2S2. The van der Waals surface area contributed by atoms with Crippen LogP contribution in [-0.4, -0.2) is 21.4 Å². The van der Waals surface area contributed by atoms with Crippen LogP contribution in [0.25, 0.3) is 0 Å². The van der Waals surface area contributed by atoms with E-state index in [0.717, 1.165) is 15.8 Å².